The molecule has 1 saturated heterocycles. The van der Waals surface area contributed by atoms with Gasteiger partial charge in [-0.15, -0.1) is 0 Å². The van der Waals surface area contributed by atoms with E-state index in [9.17, 15) is 9.18 Å². The second-order valence-corrected chi connectivity index (χ2v) is 14.2. The van der Waals surface area contributed by atoms with Gasteiger partial charge in [-0.2, -0.15) is 4.39 Å². The van der Waals surface area contributed by atoms with E-state index < -0.39 is 5.95 Å². The predicted molar refractivity (Wildman–Crippen MR) is 191 cm³/mol. The number of nitrogens with zero attached hydrogens (tertiary/aromatic N) is 5. The zero-order chi connectivity index (χ0) is 34.4. The summed E-state index contributed by atoms with van der Waals surface area (Å²) in [5.41, 5.74) is 3.39. The molecule has 47 heavy (non-hydrogen) atoms. The van der Waals surface area contributed by atoms with E-state index in [1.54, 1.807) is 24.3 Å². The van der Waals surface area contributed by atoms with Gasteiger partial charge in [-0.25, -0.2) is 15.0 Å². The number of carbonyl (C=O) groups excluding carboxylic acids is 1. The average molecular weight is 658 g/mol. The van der Waals surface area contributed by atoms with Gasteiger partial charge in [0, 0.05) is 30.2 Å². The Kier molecular flexibility index (Phi) is 11.6. The smallest absolute Gasteiger partial charge is 0.265 e. The van der Waals surface area contributed by atoms with Crippen LogP contribution >= 0.6 is 11.9 Å². The number of rotatable bonds is 9. The molecule has 2 N–H and O–H groups in total. The number of halogens is 1. The van der Waals surface area contributed by atoms with Crippen LogP contribution in [0.25, 0.3) is 11.4 Å². The van der Waals surface area contributed by atoms with Crippen molar-refractivity contribution in [1.82, 2.24) is 24.7 Å². The van der Waals surface area contributed by atoms with Crippen molar-refractivity contribution in [2.24, 2.45) is 5.92 Å². The molecule has 0 radical (unpaired) electrons. The quantitative estimate of drug-likeness (QED) is 0.136. The lowest BCUT2D eigenvalue weighted by molar-refractivity contribution is 0.0984. The summed E-state index contributed by atoms with van der Waals surface area (Å²) < 4.78 is 16.9. The van der Waals surface area contributed by atoms with Gasteiger partial charge in [-0.1, -0.05) is 60.6 Å². The maximum absolute atomic E-state index is 13.9. The van der Waals surface area contributed by atoms with Crippen LogP contribution in [0.2, 0.25) is 0 Å². The van der Waals surface area contributed by atoms with E-state index in [-0.39, 0.29) is 22.9 Å². The Bertz CT molecular complexity index is 1670. The van der Waals surface area contributed by atoms with Gasteiger partial charge >= 0.3 is 0 Å². The molecule has 0 aliphatic carbocycles. The van der Waals surface area contributed by atoms with Gasteiger partial charge in [0.25, 0.3) is 5.91 Å². The average Bonchev–Trinajstić information content (AvgIpc) is 3.34. The molecule has 4 aromatic heterocycles. The lowest BCUT2D eigenvalue weighted by Gasteiger charge is -2.34. The van der Waals surface area contributed by atoms with E-state index in [0.717, 1.165) is 37.0 Å². The summed E-state index contributed by atoms with van der Waals surface area (Å²) in [5, 5.41) is 4.16. The minimum absolute atomic E-state index is 0.0134. The number of amides is 1. The zero-order valence-electron chi connectivity index (χ0n) is 29.1. The highest BCUT2D eigenvalue weighted by molar-refractivity contribution is 7.97. The normalized spacial score (nSPS) is 16.2. The third-order valence-electron chi connectivity index (χ3n) is 8.13. The maximum Gasteiger partial charge on any atom is 0.265 e. The summed E-state index contributed by atoms with van der Waals surface area (Å²) in [6, 6.07) is 18.0. The van der Waals surface area contributed by atoms with Crippen LogP contribution in [0.3, 0.4) is 0 Å². The van der Waals surface area contributed by atoms with E-state index in [0.29, 0.717) is 39.5 Å². The summed E-state index contributed by atoms with van der Waals surface area (Å²) in [4.78, 5) is 34.1. The van der Waals surface area contributed by atoms with Gasteiger partial charge in [-0.3, -0.25) is 14.5 Å². The zero-order valence-corrected chi connectivity index (χ0v) is 29.9. The van der Waals surface area contributed by atoms with Crippen molar-refractivity contribution in [3.05, 3.63) is 89.6 Å². The van der Waals surface area contributed by atoms with Crippen molar-refractivity contribution < 1.29 is 9.18 Å². The Balaban J connectivity index is 0.00000245. The molecule has 4 aromatic rings. The highest BCUT2D eigenvalue weighted by atomic mass is 32.2. The number of nitrogens with one attached hydrogen (secondary N) is 2. The Morgan fingerprint density at radius 2 is 1.77 bits per heavy atom. The first-order valence-corrected chi connectivity index (χ1v) is 17.2. The number of aromatic nitrogens is 4. The highest BCUT2D eigenvalue weighted by Crippen LogP contribution is 2.38. The van der Waals surface area contributed by atoms with Crippen molar-refractivity contribution in [2.45, 2.75) is 97.2 Å². The van der Waals surface area contributed by atoms with Crippen LogP contribution in [0.4, 0.5) is 16.0 Å². The van der Waals surface area contributed by atoms with Crippen LogP contribution in [-0.2, 0) is 5.41 Å². The van der Waals surface area contributed by atoms with Crippen LogP contribution in [0.15, 0.2) is 71.9 Å². The fourth-order valence-electron chi connectivity index (χ4n) is 5.86. The van der Waals surface area contributed by atoms with E-state index >= 15 is 0 Å². The molecule has 10 heteroatoms. The molecule has 0 aromatic carbocycles. The van der Waals surface area contributed by atoms with Crippen molar-refractivity contribution >= 4 is 29.5 Å². The number of pyridine rings is 4. The first-order valence-electron chi connectivity index (χ1n) is 16.4. The molecule has 1 aliphatic heterocycles. The van der Waals surface area contributed by atoms with E-state index in [1.807, 2.05) is 38.2 Å². The van der Waals surface area contributed by atoms with Crippen molar-refractivity contribution in [2.75, 3.05) is 16.8 Å². The molecular formula is C37H48FN7OS. The third kappa shape index (κ3) is 8.86. The van der Waals surface area contributed by atoms with E-state index in [4.69, 9.17) is 9.97 Å². The number of hydrogen-bond acceptors (Lipinski definition) is 8. The maximum atomic E-state index is 13.9. The standard InChI is InChI=1S/C35H42FN7OS.C2H6/c1-8-25(28-19-23(17-18-37-28)34(3,4)5)39-30-13-10-14-31(41-30)45-42-33(44)24-15-16-27(26-11-9-12-29(36)38-26)40-32(24)43-21-22(2)20-35(43,6)7;1-2/h9-19,22,25H,8,20-21H2,1-7H3,(H,39,41)(H,42,44);1-2H3. The number of hydrogen-bond donors (Lipinski definition) is 2. The molecule has 0 spiro atoms. The summed E-state index contributed by atoms with van der Waals surface area (Å²) in [5.74, 6) is 0.830. The third-order valence-corrected chi connectivity index (χ3v) is 8.86. The van der Waals surface area contributed by atoms with Crippen molar-refractivity contribution in [1.29, 1.82) is 0 Å². The second-order valence-electron chi connectivity index (χ2n) is 13.4. The molecule has 1 aliphatic rings. The Labute approximate surface area is 283 Å². The summed E-state index contributed by atoms with van der Waals surface area (Å²) >= 11 is 1.15. The van der Waals surface area contributed by atoms with Gasteiger partial charge in [-0.05, 0) is 92.1 Å². The minimum atomic E-state index is -0.576. The summed E-state index contributed by atoms with van der Waals surface area (Å²) in [7, 11) is 0. The molecule has 5 heterocycles. The Hall–Kier alpha value is -4.05. The van der Waals surface area contributed by atoms with Crippen LogP contribution < -0.4 is 14.9 Å². The largest absolute Gasteiger partial charge is 0.362 e. The monoisotopic (exact) mass is 657 g/mol. The summed E-state index contributed by atoms with van der Waals surface area (Å²) in [6.45, 7) is 20.0. The van der Waals surface area contributed by atoms with Crippen molar-refractivity contribution in [3.63, 3.8) is 0 Å². The summed E-state index contributed by atoms with van der Waals surface area (Å²) in [6.07, 6.45) is 3.66. The first kappa shape index (κ1) is 35.8. The highest BCUT2D eigenvalue weighted by Gasteiger charge is 2.39. The number of anilines is 2. The molecule has 8 nitrogen and oxygen atoms in total. The van der Waals surface area contributed by atoms with Crippen LogP contribution in [-0.4, -0.2) is 37.9 Å². The van der Waals surface area contributed by atoms with Crippen LogP contribution in [0, 0.1) is 11.9 Å². The lowest BCUT2D eigenvalue weighted by atomic mass is 9.87. The molecule has 2 unspecified atom stereocenters. The number of carbonyl (C=O) groups is 1. The molecule has 1 amide bonds. The van der Waals surface area contributed by atoms with E-state index in [1.165, 1.54) is 11.6 Å². The molecular weight excluding hydrogens is 610 g/mol. The van der Waals surface area contributed by atoms with Crippen LogP contribution in [0.5, 0.6) is 0 Å². The SMILES string of the molecule is CC.CCC(Nc1cccc(SNC(=O)c2ccc(-c3cccc(F)n3)nc2N2CC(C)CC2(C)C)n1)c1cc(C(C)(C)C)ccn1. The Morgan fingerprint density at radius 3 is 2.43 bits per heavy atom. The van der Waals surface area contributed by atoms with Gasteiger partial charge < -0.3 is 10.2 Å². The van der Waals surface area contributed by atoms with Gasteiger partial charge in [0.15, 0.2) is 0 Å². The van der Waals surface area contributed by atoms with Crippen LogP contribution in [0.1, 0.15) is 103 Å². The van der Waals surface area contributed by atoms with Gasteiger partial charge in [0.1, 0.15) is 16.7 Å². The van der Waals surface area contributed by atoms with E-state index in [2.05, 4.69) is 85.5 Å². The molecule has 0 saturated carbocycles. The van der Waals surface area contributed by atoms with Crippen molar-refractivity contribution in [3.8, 4) is 11.4 Å². The lowest BCUT2D eigenvalue weighted by Crippen LogP contribution is -2.40. The molecule has 2 atom stereocenters. The fraction of sp³-hybridized carbons (Fsp3) is 0.432. The molecule has 250 valence electrons. The van der Waals surface area contributed by atoms with Gasteiger partial charge in [0.05, 0.1) is 28.7 Å². The Morgan fingerprint density at radius 1 is 1.04 bits per heavy atom. The van der Waals surface area contributed by atoms with Gasteiger partial charge in [0.2, 0.25) is 5.95 Å². The molecule has 5 rings (SSSR count). The minimum Gasteiger partial charge on any atom is -0.362 e. The molecule has 1 fully saturated rings. The fourth-order valence-corrected chi connectivity index (χ4v) is 6.46. The molecule has 0 bridgehead atoms. The predicted octanol–water partition coefficient (Wildman–Crippen LogP) is 9.02. The first-order chi connectivity index (χ1) is 22.3. The second kappa shape index (κ2) is 15.2. The topological polar surface area (TPSA) is 95.9 Å².